The number of carbonyl (C=O) groups excluding carboxylic acids is 2. The fraction of sp³-hybridized carbons (Fsp3) is 0.364. The number of aromatic nitrogens is 1. The molecule has 0 aliphatic rings. The maximum Gasteiger partial charge on any atom is 0.339 e. The van der Waals surface area contributed by atoms with Crippen molar-refractivity contribution in [3.8, 4) is 0 Å². The lowest BCUT2D eigenvalue weighted by Gasteiger charge is -2.07. The monoisotopic (exact) mass is 207 g/mol. The van der Waals surface area contributed by atoms with E-state index in [1.807, 2.05) is 0 Å². The minimum atomic E-state index is -0.439. The van der Waals surface area contributed by atoms with Crippen LogP contribution in [0.5, 0.6) is 0 Å². The smallest absolute Gasteiger partial charge is 0.339 e. The summed E-state index contributed by atoms with van der Waals surface area (Å²) in [7, 11) is 0. The Bertz CT molecular complexity index is 399. The van der Waals surface area contributed by atoms with Gasteiger partial charge < -0.3 is 4.74 Å². The Kier molecular flexibility index (Phi) is 3.55. The molecule has 0 spiro atoms. The van der Waals surface area contributed by atoms with Crippen LogP contribution in [-0.4, -0.2) is 23.8 Å². The van der Waals surface area contributed by atoms with Gasteiger partial charge in [-0.3, -0.25) is 9.78 Å². The summed E-state index contributed by atoms with van der Waals surface area (Å²) in [5.74, 6) is -0.439. The van der Waals surface area contributed by atoms with Gasteiger partial charge in [0, 0.05) is 11.3 Å². The summed E-state index contributed by atoms with van der Waals surface area (Å²) in [5, 5.41) is 0. The van der Waals surface area contributed by atoms with Crippen molar-refractivity contribution in [1.29, 1.82) is 0 Å². The van der Waals surface area contributed by atoms with Crippen LogP contribution in [0, 0.1) is 13.8 Å². The topological polar surface area (TPSA) is 56.3 Å². The van der Waals surface area contributed by atoms with E-state index in [-0.39, 0.29) is 0 Å². The van der Waals surface area contributed by atoms with Crippen molar-refractivity contribution in [2.45, 2.75) is 20.8 Å². The number of esters is 1. The molecule has 80 valence electrons. The van der Waals surface area contributed by atoms with E-state index in [2.05, 4.69) is 4.98 Å². The summed E-state index contributed by atoms with van der Waals surface area (Å²) in [6.07, 6.45) is 0.685. The molecule has 0 aliphatic carbocycles. The molecule has 0 N–H and O–H groups in total. The van der Waals surface area contributed by atoms with E-state index in [1.165, 1.54) is 6.07 Å². The predicted molar refractivity (Wildman–Crippen MR) is 55.1 cm³/mol. The molecule has 4 nitrogen and oxygen atoms in total. The Labute approximate surface area is 88.3 Å². The summed E-state index contributed by atoms with van der Waals surface area (Å²) in [4.78, 5) is 26.3. The first-order chi connectivity index (χ1) is 7.10. The SMILES string of the molecule is CCOC(=O)c1cc(C=O)c(C)nc1C. The predicted octanol–water partition coefficient (Wildman–Crippen LogP) is 1.69. The summed E-state index contributed by atoms with van der Waals surface area (Å²) in [6.45, 7) is 5.48. The number of rotatable bonds is 3. The number of hydrogen-bond acceptors (Lipinski definition) is 4. The molecular weight excluding hydrogens is 194 g/mol. The van der Waals surface area contributed by atoms with Gasteiger partial charge in [-0.05, 0) is 26.8 Å². The highest BCUT2D eigenvalue weighted by Gasteiger charge is 2.13. The summed E-state index contributed by atoms with van der Waals surface area (Å²) in [6, 6.07) is 1.52. The molecule has 1 aromatic heterocycles. The molecule has 0 atom stereocenters. The number of aldehydes is 1. The molecule has 15 heavy (non-hydrogen) atoms. The molecule has 0 unspecified atom stereocenters. The van der Waals surface area contributed by atoms with E-state index in [0.717, 1.165) is 0 Å². The molecular formula is C11H13NO3. The number of nitrogens with zero attached hydrogens (tertiary/aromatic N) is 1. The first-order valence-corrected chi connectivity index (χ1v) is 4.70. The van der Waals surface area contributed by atoms with Gasteiger partial charge in [-0.1, -0.05) is 0 Å². The van der Waals surface area contributed by atoms with Crippen LogP contribution >= 0.6 is 0 Å². The molecule has 0 bridgehead atoms. The number of hydrogen-bond donors (Lipinski definition) is 0. The van der Waals surface area contributed by atoms with Crippen molar-refractivity contribution in [2.75, 3.05) is 6.61 Å². The van der Waals surface area contributed by atoms with Gasteiger partial charge in [-0.25, -0.2) is 4.79 Å². The molecule has 0 saturated heterocycles. The highest BCUT2D eigenvalue weighted by Crippen LogP contribution is 2.12. The van der Waals surface area contributed by atoms with Gasteiger partial charge in [0.25, 0.3) is 0 Å². The van der Waals surface area contributed by atoms with Gasteiger partial charge in [0.15, 0.2) is 6.29 Å². The highest BCUT2D eigenvalue weighted by atomic mass is 16.5. The zero-order valence-corrected chi connectivity index (χ0v) is 9.03. The van der Waals surface area contributed by atoms with E-state index >= 15 is 0 Å². The van der Waals surface area contributed by atoms with Crippen LogP contribution in [0.3, 0.4) is 0 Å². The lowest BCUT2D eigenvalue weighted by Crippen LogP contribution is -2.10. The minimum Gasteiger partial charge on any atom is -0.462 e. The van der Waals surface area contributed by atoms with Crippen LogP contribution in [0.25, 0.3) is 0 Å². The minimum absolute atomic E-state index is 0.308. The zero-order chi connectivity index (χ0) is 11.4. The van der Waals surface area contributed by atoms with Crippen LogP contribution in [0.15, 0.2) is 6.07 Å². The Hall–Kier alpha value is -1.71. The van der Waals surface area contributed by atoms with Gasteiger partial charge in [0.05, 0.1) is 17.9 Å². The largest absolute Gasteiger partial charge is 0.462 e. The average molecular weight is 207 g/mol. The van der Waals surface area contributed by atoms with Crippen LogP contribution in [-0.2, 0) is 4.74 Å². The first-order valence-electron chi connectivity index (χ1n) is 4.70. The van der Waals surface area contributed by atoms with Gasteiger partial charge in [0.1, 0.15) is 0 Å². The maximum absolute atomic E-state index is 11.5. The van der Waals surface area contributed by atoms with Gasteiger partial charge in [0.2, 0.25) is 0 Å². The normalized spacial score (nSPS) is 9.80. The highest BCUT2D eigenvalue weighted by molar-refractivity contribution is 5.92. The van der Waals surface area contributed by atoms with Crippen molar-refractivity contribution in [2.24, 2.45) is 0 Å². The molecule has 1 heterocycles. The third kappa shape index (κ3) is 2.40. The lowest BCUT2D eigenvalue weighted by molar-refractivity contribution is 0.0525. The van der Waals surface area contributed by atoms with Gasteiger partial charge in [-0.15, -0.1) is 0 Å². The van der Waals surface area contributed by atoms with Crippen molar-refractivity contribution in [3.63, 3.8) is 0 Å². The molecule has 4 heteroatoms. The second-order valence-corrected chi connectivity index (χ2v) is 3.13. The van der Waals surface area contributed by atoms with Crippen molar-refractivity contribution >= 4 is 12.3 Å². The molecule has 1 rings (SSSR count). The average Bonchev–Trinajstić information content (AvgIpc) is 2.18. The molecule has 0 fully saturated rings. The number of aryl methyl sites for hydroxylation is 2. The standard InChI is InChI=1S/C11H13NO3/c1-4-15-11(14)10-5-9(6-13)7(2)12-8(10)3/h5-6H,4H2,1-3H3. The second-order valence-electron chi connectivity index (χ2n) is 3.13. The van der Waals surface area contributed by atoms with Gasteiger partial charge >= 0.3 is 5.97 Å². The maximum atomic E-state index is 11.5. The lowest BCUT2D eigenvalue weighted by atomic mass is 10.1. The van der Waals surface area contributed by atoms with Crippen LogP contribution < -0.4 is 0 Å². The Balaban J connectivity index is 3.18. The zero-order valence-electron chi connectivity index (χ0n) is 9.03. The molecule has 0 aromatic carbocycles. The molecule has 0 saturated carbocycles. The Morgan fingerprint density at radius 3 is 2.67 bits per heavy atom. The van der Waals surface area contributed by atoms with E-state index in [9.17, 15) is 9.59 Å². The fourth-order valence-electron chi connectivity index (χ4n) is 1.28. The van der Waals surface area contributed by atoms with E-state index < -0.39 is 5.97 Å². The van der Waals surface area contributed by atoms with E-state index in [1.54, 1.807) is 20.8 Å². The fourth-order valence-corrected chi connectivity index (χ4v) is 1.28. The molecule has 0 aliphatic heterocycles. The van der Waals surface area contributed by atoms with Gasteiger partial charge in [-0.2, -0.15) is 0 Å². The molecule has 0 radical (unpaired) electrons. The summed E-state index contributed by atoms with van der Waals surface area (Å²) in [5.41, 5.74) is 1.97. The molecule has 1 aromatic rings. The number of carbonyl (C=O) groups is 2. The van der Waals surface area contributed by atoms with Crippen LogP contribution in [0.4, 0.5) is 0 Å². The number of pyridine rings is 1. The van der Waals surface area contributed by atoms with Crippen LogP contribution in [0.1, 0.15) is 39.0 Å². The summed E-state index contributed by atoms with van der Waals surface area (Å²) >= 11 is 0. The first kappa shape index (κ1) is 11.4. The third-order valence-corrected chi connectivity index (χ3v) is 2.07. The van der Waals surface area contributed by atoms with Crippen molar-refractivity contribution in [1.82, 2.24) is 4.98 Å². The molecule has 0 amide bonds. The van der Waals surface area contributed by atoms with E-state index in [4.69, 9.17) is 4.74 Å². The Morgan fingerprint density at radius 2 is 2.13 bits per heavy atom. The summed E-state index contributed by atoms with van der Waals surface area (Å²) < 4.78 is 4.85. The van der Waals surface area contributed by atoms with Crippen LogP contribution in [0.2, 0.25) is 0 Å². The number of ether oxygens (including phenoxy) is 1. The van der Waals surface area contributed by atoms with E-state index in [0.29, 0.717) is 35.4 Å². The van der Waals surface area contributed by atoms with Crippen molar-refractivity contribution < 1.29 is 14.3 Å². The second kappa shape index (κ2) is 4.68. The quantitative estimate of drug-likeness (QED) is 0.559. The third-order valence-electron chi connectivity index (χ3n) is 2.07. The van der Waals surface area contributed by atoms with Crippen molar-refractivity contribution in [3.05, 3.63) is 28.6 Å². The Morgan fingerprint density at radius 1 is 1.47 bits per heavy atom.